The highest BCUT2D eigenvalue weighted by Gasteiger charge is 2.22. The zero-order valence-electron chi connectivity index (χ0n) is 10.2. The van der Waals surface area contributed by atoms with Crippen LogP contribution in [0.15, 0.2) is 18.2 Å². The lowest BCUT2D eigenvalue weighted by atomic mass is 10.0. The van der Waals surface area contributed by atoms with Crippen molar-refractivity contribution in [1.29, 1.82) is 0 Å². The van der Waals surface area contributed by atoms with Gasteiger partial charge in [-0.05, 0) is 36.6 Å². The second-order valence-electron chi connectivity index (χ2n) is 4.19. The summed E-state index contributed by atoms with van der Waals surface area (Å²) >= 11 is 0. The average Bonchev–Trinajstić information content (AvgIpc) is 2.74. The van der Waals surface area contributed by atoms with E-state index in [0.717, 1.165) is 29.9 Å². The largest absolute Gasteiger partial charge is 0.497 e. The smallest absolute Gasteiger partial charge is 0.220 e. The van der Waals surface area contributed by atoms with E-state index in [9.17, 15) is 4.79 Å². The van der Waals surface area contributed by atoms with Gasteiger partial charge in [0.05, 0.1) is 14.2 Å². The van der Waals surface area contributed by atoms with Crippen LogP contribution < -0.4 is 14.8 Å². The van der Waals surface area contributed by atoms with Gasteiger partial charge in [0.25, 0.3) is 0 Å². The van der Waals surface area contributed by atoms with Crippen molar-refractivity contribution in [2.24, 2.45) is 0 Å². The maximum Gasteiger partial charge on any atom is 0.220 e. The number of carbonyl (C=O) groups is 1. The van der Waals surface area contributed by atoms with E-state index in [4.69, 9.17) is 9.47 Å². The van der Waals surface area contributed by atoms with Crippen molar-refractivity contribution < 1.29 is 14.3 Å². The molecular weight excluding hydrogens is 218 g/mol. The van der Waals surface area contributed by atoms with E-state index in [0.29, 0.717) is 6.42 Å². The predicted octanol–water partition coefficient (Wildman–Crippen LogP) is 1.52. The number of rotatable bonds is 4. The molecule has 1 aromatic rings. The van der Waals surface area contributed by atoms with Crippen LogP contribution in [0, 0.1) is 0 Å². The molecule has 1 aliphatic rings. The van der Waals surface area contributed by atoms with Crippen molar-refractivity contribution >= 4 is 5.91 Å². The lowest BCUT2D eigenvalue weighted by molar-refractivity contribution is -0.119. The van der Waals surface area contributed by atoms with Crippen LogP contribution in [-0.2, 0) is 11.2 Å². The topological polar surface area (TPSA) is 47.6 Å². The Bertz CT molecular complexity index is 417. The fourth-order valence-corrected chi connectivity index (χ4v) is 2.14. The highest BCUT2D eigenvalue weighted by molar-refractivity contribution is 5.78. The molecule has 1 heterocycles. The number of nitrogens with one attached hydrogen (secondary N) is 1. The molecule has 0 aromatic heterocycles. The Labute approximate surface area is 101 Å². The first-order valence-electron chi connectivity index (χ1n) is 5.73. The number of amides is 1. The van der Waals surface area contributed by atoms with Crippen molar-refractivity contribution in [3.8, 4) is 11.5 Å². The predicted molar refractivity (Wildman–Crippen MR) is 64.4 cm³/mol. The van der Waals surface area contributed by atoms with Gasteiger partial charge in [-0.25, -0.2) is 0 Å². The molecule has 4 heteroatoms. The van der Waals surface area contributed by atoms with Crippen LogP contribution in [-0.4, -0.2) is 26.2 Å². The summed E-state index contributed by atoms with van der Waals surface area (Å²) in [4.78, 5) is 11.2. The maximum absolute atomic E-state index is 11.2. The first-order chi connectivity index (χ1) is 8.22. The van der Waals surface area contributed by atoms with E-state index in [1.165, 1.54) is 0 Å². The maximum atomic E-state index is 11.2. The lowest BCUT2D eigenvalue weighted by Crippen LogP contribution is -2.27. The Balaban J connectivity index is 2.15. The van der Waals surface area contributed by atoms with Crippen molar-refractivity contribution in [3.63, 3.8) is 0 Å². The average molecular weight is 235 g/mol. The molecule has 1 atom stereocenters. The van der Waals surface area contributed by atoms with Gasteiger partial charge in [0.15, 0.2) is 0 Å². The van der Waals surface area contributed by atoms with Gasteiger partial charge in [-0.15, -0.1) is 0 Å². The number of methoxy groups -OCH3 is 2. The second-order valence-corrected chi connectivity index (χ2v) is 4.19. The van der Waals surface area contributed by atoms with Gasteiger partial charge in [0.1, 0.15) is 11.5 Å². The number of carbonyl (C=O) groups excluding carboxylic acids is 1. The van der Waals surface area contributed by atoms with Crippen LogP contribution in [0.2, 0.25) is 0 Å². The fraction of sp³-hybridized carbons (Fsp3) is 0.462. The molecule has 1 unspecified atom stereocenters. The van der Waals surface area contributed by atoms with Gasteiger partial charge >= 0.3 is 0 Å². The molecule has 1 amide bonds. The van der Waals surface area contributed by atoms with Gasteiger partial charge < -0.3 is 14.8 Å². The van der Waals surface area contributed by atoms with Crippen molar-refractivity contribution in [3.05, 3.63) is 23.8 Å². The van der Waals surface area contributed by atoms with Crippen molar-refractivity contribution in [2.75, 3.05) is 14.2 Å². The van der Waals surface area contributed by atoms with E-state index < -0.39 is 0 Å². The fourth-order valence-electron chi connectivity index (χ4n) is 2.14. The first-order valence-corrected chi connectivity index (χ1v) is 5.73. The Kier molecular flexibility index (Phi) is 3.52. The zero-order chi connectivity index (χ0) is 12.3. The molecule has 1 N–H and O–H groups in total. The second kappa shape index (κ2) is 5.08. The number of benzene rings is 1. The highest BCUT2D eigenvalue weighted by atomic mass is 16.5. The number of hydrogen-bond acceptors (Lipinski definition) is 3. The normalized spacial score (nSPS) is 18.9. The third kappa shape index (κ3) is 2.70. The molecule has 0 bridgehead atoms. The Morgan fingerprint density at radius 1 is 1.35 bits per heavy atom. The van der Waals surface area contributed by atoms with Crippen LogP contribution in [0.3, 0.4) is 0 Å². The van der Waals surface area contributed by atoms with E-state index in [1.54, 1.807) is 14.2 Å². The minimum atomic E-state index is 0.136. The Morgan fingerprint density at radius 2 is 2.18 bits per heavy atom. The first kappa shape index (κ1) is 11.8. The molecule has 1 aliphatic heterocycles. The van der Waals surface area contributed by atoms with Crippen LogP contribution in [0.5, 0.6) is 11.5 Å². The zero-order valence-corrected chi connectivity index (χ0v) is 10.2. The molecule has 2 rings (SSSR count). The van der Waals surface area contributed by atoms with Crippen molar-refractivity contribution in [1.82, 2.24) is 5.32 Å². The molecule has 1 saturated heterocycles. The van der Waals surface area contributed by atoms with Gasteiger partial charge in [0.2, 0.25) is 5.91 Å². The van der Waals surface area contributed by atoms with Crippen LogP contribution in [0.1, 0.15) is 18.4 Å². The Morgan fingerprint density at radius 3 is 2.76 bits per heavy atom. The van der Waals surface area contributed by atoms with Crippen LogP contribution >= 0.6 is 0 Å². The molecule has 1 fully saturated rings. The van der Waals surface area contributed by atoms with Crippen LogP contribution in [0.4, 0.5) is 0 Å². The number of ether oxygens (including phenoxy) is 2. The van der Waals surface area contributed by atoms with E-state index in [1.807, 2.05) is 18.2 Å². The quantitative estimate of drug-likeness (QED) is 0.860. The lowest BCUT2D eigenvalue weighted by Gasteiger charge is -2.14. The minimum absolute atomic E-state index is 0.136. The molecule has 92 valence electrons. The molecule has 17 heavy (non-hydrogen) atoms. The van der Waals surface area contributed by atoms with Gasteiger partial charge in [-0.2, -0.15) is 0 Å². The summed E-state index contributed by atoms with van der Waals surface area (Å²) in [5, 5.41) is 2.96. The molecule has 0 spiro atoms. The van der Waals surface area contributed by atoms with E-state index in [2.05, 4.69) is 5.32 Å². The summed E-state index contributed by atoms with van der Waals surface area (Å²) in [7, 11) is 3.29. The molecule has 4 nitrogen and oxygen atoms in total. The molecule has 0 aliphatic carbocycles. The molecule has 1 aromatic carbocycles. The molecular formula is C13H17NO3. The summed E-state index contributed by atoms with van der Waals surface area (Å²) in [6.07, 6.45) is 2.29. The molecule has 0 radical (unpaired) electrons. The standard InChI is InChI=1S/C13H17NO3/c1-16-11-4-5-12(17-2)9(8-11)7-10-3-6-13(15)14-10/h4-5,8,10H,3,6-7H2,1-2H3,(H,14,15). The third-order valence-corrected chi connectivity index (χ3v) is 3.04. The Hall–Kier alpha value is -1.71. The van der Waals surface area contributed by atoms with Gasteiger partial charge in [-0.1, -0.05) is 0 Å². The monoisotopic (exact) mass is 235 g/mol. The van der Waals surface area contributed by atoms with Gasteiger partial charge in [-0.3, -0.25) is 4.79 Å². The summed E-state index contributed by atoms with van der Waals surface area (Å²) < 4.78 is 10.5. The third-order valence-electron chi connectivity index (χ3n) is 3.04. The summed E-state index contributed by atoms with van der Waals surface area (Å²) in [5.41, 5.74) is 1.07. The van der Waals surface area contributed by atoms with Crippen LogP contribution in [0.25, 0.3) is 0 Å². The summed E-state index contributed by atoms with van der Waals surface area (Å²) in [5.74, 6) is 1.79. The number of hydrogen-bond donors (Lipinski definition) is 1. The summed E-state index contributed by atoms with van der Waals surface area (Å²) in [6, 6.07) is 5.94. The SMILES string of the molecule is COc1ccc(OC)c(CC2CCC(=O)N2)c1. The molecule has 0 saturated carbocycles. The minimum Gasteiger partial charge on any atom is -0.497 e. The van der Waals surface area contributed by atoms with E-state index >= 15 is 0 Å². The van der Waals surface area contributed by atoms with Gasteiger partial charge in [0, 0.05) is 12.5 Å². The van der Waals surface area contributed by atoms with E-state index in [-0.39, 0.29) is 11.9 Å². The van der Waals surface area contributed by atoms with Crippen molar-refractivity contribution in [2.45, 2.75) is 25.3 Å². The highest BCUT2D eigenvalue weighted by Crippen LogP contribution is 2.26. The summed E-state index contributed by atoms with van der Waals surface area (Å²) in [6.45, 7) is 0.